The number of nitrogens with one attached hydrogen (secondary N) is 2. The molecule has 3 aromatic rings. The van der Waals surface area contributed by atoms with Gasteiger partial charge in [-0.2, -0.15) is 9.97 Å². The van der Waals surface area contributed by atoms with E-state index in [2.05, 4.69) is 20.6 Å². The van der Waals surface area contributed by atoms with E-state index in [1.165, 1.54) is 0 Å². The second-order valence-electron chi connectivity index (χ2n) is 5.77. The molecule has 0 spiro atoms. The van der Waals surface area contributed by atoms with E-state index in [9.17, 15) is 18.0 Å². The Morgan fingerprint density at radius 1 is 0.893 bits per heavy atom. The Balaban J connectivity index is 1.75. The van der Waals surface area contributed by atoms with Crippen molar-refractivity contribution in [3.05, 3.63) is 71.3 Å². The first-order chi connectivity index (χ1) is 13.3. The number of urea groups is 1. The summed E-state index contributed by atoms with van der Waals surface area (Å²) >= 11 is 0. The number of aromatic nitrogens is 2. The Hall–Kier alpha value is -3.62. The van der Waals surface area contributed by atoms with Crippen molar-refractivity contribution in [2.24, 2.45) is 0 Å². The summed E-state index contributed by atoms with van der Waals surface area (Å²) in [5.74, 6) is -3.96. The van der Waals surface area contributed by atoms with Crippen LogP contribution in [0, 0.1) is 31.3 Å². The highest BCUT2D eigenvalue weighted by Crippen LogP contribution is 2.24. The Kier molecular flexibility index (Phi) is 5.44. The Morgan fingerprint density at radius 3 is 2.18 bits per heavy atom. The van der Waals surface area contributed by atoms with E-state index in [4.69, 9.17) is 4.74 Å². The van der Waals surface area contributed by atoms with Gasteiger partial charge < -0.3 is 15.4 Å². The minimum atomic E-state index is -1.67. The summed E-state index contributed by atoms with van der Waals surface area (Å²) in [6.07, 6.45) is 0. The molecule has 0 unspecified atom stereocenters. The summed E-state index contributed by atoms with van der Waals surface area (Å²) in [5, 5.41) is 4.58. The summed E-state index contributed by atoms with van der Waals surface area (Å²) in [7, 11) is 0. The highest BCUT2D eigenvalue weighted by molar-refractivity contribution is 6.00. The molecule has 3 rings (SSSR count). The smallest absolute Gasteiger partial charge is 0.323 e. The summed E-state index contributed by atoms with van der Waals surface area (Å²) in [6.45, 7) is 3.25. The number of carbonyl (C=O) groups is 1. The highest BCUT2D eigenvalue weighted by Gasteiger charge is 2.17. The lowest BCUT2D eigenvalue weighted by Crippen LogP contribution is -2.22. The molecule has 0 aliphatic rings. The van der Waals surface area contributed by atoms with E-state index in [1.807, 2.05) is 6.07 Å². The molecule has 9 heteroatoms. The molecule has 1 heterocycles. The van der Waals surface area contributed by atoms with Gasteiger partial charge in [-0.1, -0.05) is 18.2 Å². The first-order valence-electron chi connectivity index (χ1n) is 8.15. The number of hydrogen-bond donors (Lipinski definition) is 2. The fourth-order valence-electron chi connectivity index (χ4n) is 2.40. The van der Waals surface area contributed by atoms with Crippen LogP contribution in [0.5, 0.6) is 11.8 Å². The van der Waals surface area contributed by atoms with Gasteiger partial charge in [-0.25, -0.2) is 18.0 Å². The van der Waals surface area contributed by atoms with Crippen molar-refractivity contribution in [2.45, 2.75) is 13.8 Å². The van der Waals surface area contributed by atoms with Crippen LogP contribution in [0.2, 0.25) is 0 Å². The van der Waals surface area contributed by atoms with Crippen molar-refractivity contribution in [3.63, 3.8) is 0 Å². The van der Waals surface area contributed by atoms with Crippen LogP contribution in [0.3, 0.4) is 0 Å². The molecule has 6 nitrogen and oxygen atoms in total. The van der Waals surface area contributed by atoms with E-state index < -0.39 is 29.2 Å². The van der Waals surface area contributed by atoms with E-state index in [0.29, 0.717) is 23.2 Å². The van der Waals surface area contributed by atoms with Gasteiger partial charge in [0, 0.05) is 0 Å². The summed E-state index contributed by atoms with van der Waals surface area (Å²) in [6, 6.07) is 9.78. The van der Waals surface area contributed by atoms with Crippen molar-refractivity contribution in [2.75, 3.05) is 10.6 Å². The van der Waals surface area contributed by atoms with Gasteiger partial charge in [-0.15, -0.1) is 0 Å². The van der Waals surface area contributed by atoms with Crippen molar-refractivity contribution >= 4 is 17.4 Å². The number of amides is 2. The van der Waals surface area contributed by atoms with E-state index in [1.54, 1.807) is 38.1 Å². The normalized spacial score (nSPS) is 10.5. The molecule has 2 aromatic carbocycles. The van der Waals surface area contributed by atoms with E-state index >= 15 is 0 Å². The zero-order valence-corrected chi connectivity index (χ0v) is 14.9. The van der Waals surface area contributed by atoms with Gasteiger partial charge in [0.25, 0.3) is 0 Å². The number of ether oxygens (including phenoxy) is 1. The molecule has 0 atom stereocenters. The molecule has 0 bridgehead atoms. The number of benzene rings is 2. The average molecular weight is 388 g/mol. The van der Waals surface area contributed by atoms with Crippen LogP contribution < -0.4 is 15.4 Å². The van der Waals surface area contributed by atoms with Gasteiger partial charge in [0.2, 0.25) is 0 Å². The number of anilines is 2. The minimum Gasteiger partial charge on any atom is -0.424 e. The quantitative estimate of drug-likeness (QED) is 0.620. The van der Waals surface area contributed by atoms with Crippen LogP contribution in [0.15, 0.2) is 42.5 Å². The number of halogens is 3. The first-order valence-corrected chi connectivity index (χ1v) is 8.15. The predicted octanol–water partition coefficient (Wildman–Crippen LogP) is 4.95. The van der Waals surface area contributed by atoms with Gasteiger partial charge in [0.05, 0.1) is 22.8 Å². The fourth-order valence-corrected chi connectivity index (χ4v) is 2.40. The second-order valence-corrected chi connectivity index (χ2v) is 5.77. The van der Waals surface area contributed by atoms with Crippen LogP contribution in [0.25, 0.3) is 0 Å². The zero-order chi connectivity index (χ0) is 20.3. The molecular weight excluding hydrogens is 373 g/mol. The van der Waals surface area contributed by atoms with Gasteiger partial charge in [-0.3, -0.25) is 0 Å². The monoisotopic (exact) mass is 388 g/mol. The van der Waals surface area contributed by atoms with Gasteiger partial charge in [0.15, 0.2) is 17.5 Å². The molecule has 2 amide bonds. The first kappa shape index (κ1) is 19.2. The largest absolute Gasteiger partial charge is 0.424 e. The SMILES string of the molecule is Cc1nc(Oc2ccccc2)nc(C)c1NC(=O)Nc1ccc(F)c(F)c1F. The summed E-state index contributed by atoms with van der Waals surface area (Å²) in [5.41, 5.74) is 0.580. The summed E-state index contributed by atoms with van der Waals surface area (Å²) < 4.78 is 45.5. The number of para-hydroxylation sites is 1. The Labute approximate surface area is 158 Å². The molecule has 0 saturated heterocycles. The lowest BCUT2D eigenvalue weighted by molar-refractivity contribution is 0.262. The van der Waals surface area contributed by atoms with E-state index in [-0.39, 0.29) is 11.7 Å². The fraction of sp³-hybridized carbons (Fsp3) is 0.105. The molecule has 28 heavy (non-hydrogen) atoms. The highest BCUT2D eigenvalue weighted by atomic mass is 19.2. The molecule has 2 N–H and O–H groups in total. The number of hydrogen-bond acceptors (Lipinski definition) is 4. The number of nitrogens with zero attached hydrogens (tertiary/aromatic N) is 2. The van der Waals surface area contributed by atoms with Crippen molar-refractivity contribution in [1.29, 1.82) is 0 Å². The zero-order valence-electron chi connectivity index (χ0n) is 14.9. The van der Waals surface area contributed by atoms with E-state index in [0.717, 1.165) is 6.07 Å². The van der Waals surface area contributed by atoms with Gasteiger partial charge >= 0.3 is 12.0 Å². The molecular formula is C19H15F3N4O2. The molecule has 0 radical (unpaired) electrons. The standard InChI is InChI=1S/C19H15F3N4O2/c1-10-17(11(2)24-19(23-10)28-12-6-4-3-5-7-12)26-18(27)25-14-9-8-13(20)15(21)16(14)22/h3-9H,1-2H3,(H2,25,26,27). The molecule has 0 fully saturated rings. The lowest BCUT2D eigenvalue weighted by atomic mass is 10.2. The lowest BCUT2D eigenvalue weighted by Gasteiger charge is -2.13. The third-order valence-corrected chi connectivity index (χ3v) is 3.72. The Bertz CT molecular complexity index is 1010. The van der Waals surface area contributed by atoms with Crippen LogP contribution >= 0.6 is 0 Å². The maximum absolute atomic E-state index is 13.7. The molecule has 0 saturated carbocycles. The maximum Gasteiger partial charge on any atom is 0.323 e. The maximum atomic E-state index is 13.7. The predicted molar refractivity (Wildman–Crippen MR) is 97.0 cm³/mol. The van der Waals surface area contributed by atoms with Crippen LogP contribution in [0.1, 0.15) is 11.4 Å². The van der Waals surface area contributed by atoms with Crippen LogP contribution in [0.4, 0.5) is 29.3 Å². The third kappa shape index (κ3) is 4.20. The minimum absolute atomic E-state index is 0.0961. The van der Waals surface area contributed by atoms with Gasteiger partial charge in [-0.05, 0) is 38.1 Å². The van der Waals surface area contributed by atoms with Crippen molar-refractivity contribution in [3.8, 4) is 11.8 Å². The van der Waals surface area contributed by atoms with Crippen molar-refractivity contribution in [1.82, 2.24) is 9.97 Å². The average Bonchev–Trinajstić information content (AvgIpc) is 2.66. The molecule has 1 aromatic heterocycles. The number of rotatable bonds is 4. The molecule has 0 aliphatic heterocycles. The van der Waals surface area contributed by atoms with Crippen LogP contribution in [-0.2, 0) is 0 Å². The van der Waals surface area contributed by atoms with Crippen LogP contribution in [-0.4, -0.2) is 16.0 Å². The summed E-state index contributed by atoms with van der Waals surface area (Å²) in [4.78, 5) is 20.5. The third-order valence-electron chi connectivity index (χ3n) is 3.72. The number of aryl methyl sites for hydroxylation is 2. The topological polar surface area (TPSA) is 76.1 Å². The second kappa shape index (κ2) is 7.95. The number of carbonyl (C=O) groups excluding carboxylic acids is 1. The molecule has 0 aliphatic carbocycles. The molecule has 144 valence electrons. The Morgan fingerprint density at radius 2 is 1.54 bits per heavy atom. The van der Waals surface area contributed by atoms with Crippen molar-refractivity contribution < 1.29 is 22.7 Å². The van der Waals surface area contributed by atoms with Gasteiger partial charge in [0.1, 0.15) is 5.75 Å².